The Morgan fingerprint density at radius 1 is 0.862 bits per heavy atom. The maximum Gasteiger partial charge on any atom is 0.573 e. The SMILES string of the molecule is Cn1c(=O)c(-c2ccccc2)nc2ccc(-c3ccc(OC(F)(F)F)cc3)cc21. The molecule has 0 saturated heterocycles. The number of alkyl halides is 3. The zero-order valence-electron chi connectivity index (χ0n) is 15.3. The number of hydrogen-bond acceptors (Lipinski definition) is 3. The summed E-state index contributed by atoms with van der Waals surface area (Å²) in [5.74, 6) is -0.288. The molecule has 1 aromatic heterocycles. The standard InChI is InChI=1S/C22H15F3N2O2/c1-27-19-13-16(14-7-10-17(11-8-14)29-22(23,24)25)9-12-18(19)26-20(21(27)28)15-5-3-2-4-6-15/h2-13H,1H3. The van der Waals surface area contributed by atoms with E-state index >= 15 is 0 Å². The van der Waals surface area contributed by atoms with Crippen LogP contribution in [0.4, 0.5) is 13.2 Å². The number of aromatic nitrogens is 2. The molecule has 7 heteroatoms. The van der Waals surface area contributed by atoms with Crippen molar-refractivity contribution >= 4 is 11.0 Å². The maximum absolute atomic E-state index is 12.8. The second kappa shape index (κ2) is 7.09. The monoisotopic (exact) mass is 396 g/mol. The lowest BCUT2D eigenvalue weighted by Crippen LogP contribution is -2.20. The van der Waals surface area contributed by atoms with Gasteiger partial charge in [0, 0.05) is 12.6 Å². The van der Waals surface area contributed by atoms with Crippen LogP contribution in [-0.2, 0) is 7.05 Å². The largest absolute Gasteiger partial charge is 0.573 e. The van der Waals surface area contributed by atoms with Gasteiger partial charge in [0.2, 0.25) is 0 Å². The number of halogens is 3. The lowest BCUT2D eigenvalue weighted by atomic mass is 10.0. The number of fused-ring (bicyclic) bond motifs is 1. The van der Waals surface area contributed by atoms with E-state index in [1.807, 2.05) is 36.4 Å². The molecule has 0 saturated carbocycles. The highest BCUT2D eigenvalue weighted by atomic mass is 19.4. The van der Waals surface area contributed by atoms with Crippen LogP contribution in [0.5, 0.6) is 5.75 Å². The van der Waals surface area contributed by atoms with Gasteiger partial charge in [0.05, 0.1) is 11.0 Å². The average Bonchev–Trinajstić information content (AvgIpc) is 2.70. The zero-order chi connectivity index (χ0) is 20.6. The molecule has 29 heavy (non-hydrogen) atoms. The predicted octanol–water partition coefficient (Wildman–Crippen LogP) is 5.17. The third kappa shape index (κ3) is 3.85. The molecule has 0 N–H and O–H groups in total. The third-order valence-corrected chi connectivity index (χ3v) is 4.54. The van der Waals surface area contributed by atoms with E-state index < -0.39 is 6.36 Å². The first-order chi connectivity index (χ1) is 13.8. The molecular formula is C22H15F3N2O2. The van der Waals surface area contributed by atoms with Crippen molar-refractivity contribution < 1.29 is 17.9 Å². The van der Waals surface area contributed by atoms with Gasteiger partial charge in [0.15, 0.2) is 0 Å². The second-order valence-corrected chi connectivity index (χ2v) is 6.47. The van der Waals surface area contributed by atoms with E-state index in [0.29, 0.717) is 22.3 Å². The number of ether oxygens (including phenoxy) is 1. The van der Waals surface area contributed by atoms with Crippen LogP contribution >= 0.6 is 0 Å². The molecule has 4 rings (SSSR count). The molecule has 0 radical (unpaired) electrons. The Hall–Kier alpha value is -3.61. The fraction of sp³-hybridized carbons (Fsp3) is 0.0909. The van der Waals surface area contributed by atoms with Crippen LogP contribution in [-0.4, -0.2) is 15.9 Å². The van der Waals surface area contributed by atoms with Gasteiger partial charge in [-0.3, -0.25) is 4.79 Å². The van der Waals surface area contributed by atoms with Gasteiger partial charge in [-0.05, 0) is 35.4 Å². The van der Waals surface area contributed by atoms with E-state index in [0.717, 1.165) is 11.1 Å². The van der Waals surface area contributed by atoms with Crippen molar-refractivity contribution in [3.8, 4) is 28.1 Å². The summed E-state index contributed by atoms with van der Waals surface area (Å²) in [5, 5.41) is 0. The minimum Gasteiger partial charge on any atom is -0.406 e. The van der Waals surface area contributed by atoms with E-state index in [2.05, 4.69) is 9.72 Å². The lowest BCUT2D eigenvalue weighted by Gasteiger charge is -2.11. The molecule has 146 valence electrons. The Balaban J connectivity index is 1.75. The van der Waals surface area contributed by atoms with E-state index in [1.54, 1.807) is 19.2 Å². The van der Waals surface area contributed by atoms with Gasteiger partial charge in [-0.15, -0.1) is 13.2 Å². The Bertz CT molecular complexity index is 1230. The summed E-state index contributed by atoms with van der Waals surface area (Å²) in [4.78, 5) is 17.3. The minimum absolute atomic E-state index is 0.227. The first-order valence-electron chi connectivity index (χ1n) is 8.74. The second-order valence-electron chi connectivity index (χ2n) is 6.47. The molecule has 0 aliphatic heterocycles. The highest BCUT2D eigenvalue weighted by Crippen LogP contribution is 2.28. The molecule has 4 nitrogen and oxygen atoms in total. The normalized spacial score (nSPS) is 11.6. The minimum atomic E-state index is -4.73. The highest BCUT2D eigenvalue weighted by Gasteiger charge is 2.30. The lowest BCUT2D eigenvalue weighted by molar-refractivity contribution is -0.274. The Morgan fingerprint density at radius 3 is 2.17 bits per heavy atom. The third-order valence-electron chi connectivity index (χ3n) is 4.54. The van der Waals surface area contributed by atoms with Gasteiger partial charge >= 0.3 is 6.36 Å². The first kappa shape index (κ1) is 18.7. The maximum atomic E-state index is 12.8. The molecule has 0 fully saturated rings. The molecule has 0 spiro atoms. The molecule has 0 bridgehead atoms. The van der Waals surface area contributed by atoms with Crippen molar-refractivity contribution in [1.82, 2.24) is 9.55 Å². The van der Waals surface area contributed by atoms with Gasteiger partial charge in [-0.2, -0.15) is 0 Å². The van der Waals surface area contributed by atoms with Crippen LogP contribution in [0.25, 0.3) is 33.4 Å². The number of rotatable bonds is 3. The zero-order valence-corrected chi connectivity index (χ0v) is 15.3. The van der Waals surface area contributed by atoms with Crippen LogP contribution in [0, 0.1) is 0 Å². The fourth-order valence-electron chi connectivity index (χ4n) is 3.14. The average molecular weight is 396 g/mol. The van der Waals surface area contributed by atoms with Crippen LogP contribution in [0.15, 0.2) is 77.6 Å². The Kier molecular flexibility index (Phi) is 4.58. The molecule has 1 heterocycles. The molecule has 0 atom stereocenters. The van der Waals surface area contributed by atoms with Crippen molar-refractivity contribution in [2.24, 2.45) is 7.05 Å². The smallest absolute Gasteiger partial charge is 0.406 e. The van der Waals surface area contributed by atoms with E-state index in [9.17, 15) is 18.0 Å². The summed E-state index contributed by atoms with van der Waals surface area (Å²) >= 11 is 0. The van der Waals surface area contributed by atoms with Gasteiger partial charge in [-0.25, -0.2) is 4.98 Å². The highest BCUT2D eigenvalue weighted by molar-refractivity contribution is 5.83. The van der Waals surface area contributed by atoms with Crippen molar-refractivity contribution in [2.45, 2.75) is 6.36 Å². The molecule has 0 aliphatic rings. The summed E-state index contributed by atoms with van der Waals surface area (Å²) in [6.07, 6.45) is -4.73. The summed E-state index contributed by atoms with van der Waals surface area (Å²) in [6, 6.07) is 20.2. The van der Waals surface area contributed by atoms with Crippen LogP contribution in [0.2, 0.25) is 0 Å². The van der Waals surface area contributed by atoms with Crippen molar-refractivity contribution in [2.75, 3.05) is 0 Å². The predicted molar refractivity (Wildman–Crippen MR) is 105 cm³/mol. The van der Waals surface area contributed by atoms with E-state index in [1.165, 1.54) is 28.8 Å². The number of aryl methyl sites for hydroxylation is 1. The summed E-state index contributed by atoms with van der Waals surface area (Å²) < 4.78 is 42.4. The number of nitrogens with zero attached hydrogens (tertiary/aromatic N) is 2. The Labute approximate surface area is 163 Å². The summed E-state index contributed by atoms with van der Waals surface area (Å²) in [6.45, 7) is 0. The topological polar surface area (TPSA) is 44.1 Å². The molecule has 0 amide bonds. The van der Waals surface area contributed by atoms with Gasteiger partial charge < -0.3 is 9.30 Å². The fourth-order valence-corrected chi connectivity index (χ4v) is 3.14. The summed E-state index contributed by atoms with van der Waals surface area (Å²) in [5.41, 5.74) is 3.59. The quantitative estimate of drug-likeness (QED) is 0.480. The number of benzene rings is 3. The van der Waals surface area contributed by atoms with Crippen molar-refractivity contribution in [3.63, 3.8) is 0 Å². The van der Waals surface area contributed by atoms with Gasteiger partial charge in [-0.1, -0.05) is 48.5 Å². The van der Waals surface area contributed by atoms with Crippen molar-refractivity contribution in [1.29, 1.82) is 0 Å². The Morgan fingerprint density at radius 2 is 1.52 bits per heavy atom. The van der Waals surface area contributed by atoms with E-state index in [-0.39, 0.29) is 11.3 Å². The molecule has 3 aromatic carbocycles. The molecule has 0 aliphatic carbocycles. The van der Waals surface area contributed by atoms with E-state index in [4.69, 9.17) is 0 Å². The molecule has 4 aromatic rings. The molecular weight excluding hydrogens is 381 g/mol. The van der Waals surface area contributed by atoms with Crippen LogP contribution < -0.4 is 10.3 Å². The number of hydrogen-bond donors (Lipinski definition) is 0. The molecule has 0 unspecified atom stereocenters. The first-order valence-corrected chi connectivity index (χ1v) is 8.74. The van der Waals surface area contributed by atoms with Crippen LogP contribution in [0.3, 0.4) is 0 Å². The van der Waals surface area contributed by atoms with Gasteiger partial charge in [0.1, 0.15) is 11.4 Å². The summed E-state index contributed by atoms with van der Waals surface area (Å²) in [7, 11) is 1.67. The van der Waals surface area contributed by atoms with Gasteiger partial charge in [0.25, 0.3) is 5.56 Å². The van der Waals surface area contributed by atoms with Crippen LogP contribution in [0.1, 0.15) is 0 Å². The van der Waals surface area contributed by atoms with Crippen molar-refractivity contribution in [3.05, 3.63) is 83.2 Å².